The van der Waals surface area contributed by atoms with Gasteiger partial charge in [0.15, 0.2) is 0 Å². The second-order valence-corrected chi connectivity index (χ2v) is 5.86. The van der Waals surface area contributed by atoms with Gasteiger partial charge in [-0.25, -0.2) is 0 Å². The van der Waals surface area contributed by atoms with Gasteiger partial charge in [-0.2, -0.15) is 0 Å². The van der Waals surface area contributed by atoms with E-state index in [-0.39, 0.29) is 18.4 Å². The van der Waals surface area contributed by atoms with Crippen LogP contribution in [-0.4, -0.2) is 37.1 Å². The second kappa shape index (κ2) is 7.56. The quantitative estimate of drug-likeness (QED) is 0.811. The van der Waals surface area contributed by atoms with Crippen LogP contribution in [0.5, 0.6) is 0 Å². The van der Waals surface area contributed by atoms with E-state index in [4.69, 9.17) is 4.74 Å². The summed E-state index contributed by atoms with van der Waals surface area (Å²) in [7, 11) is 0. The fourth-order valence-corrected chi connectivity index (χ4v) is 2.46. The summed E-state index contributed by atoms with van der Waals surface area (Å²) in [5.41, 5.74) is 1.14. The molecule has 1 aromatic rings. The summed E-state index contributed by atoms with van der Waals surface area (Å²) < 4.78 is 6.21. The zero-order chi connectivity index (χ0) is 15.2. The molecule has 1 heterocycles. The highest BCUT2D eigenvalue weighted by Crippen LogP contribution is 2.13. The van der Waals surface area contributed by atoms with Crippen molar-refractivity contribution in [2.45, 2.75) is 31.8 Å². The molecule has 0 spiro atoms. The number of nitrogens with one attached hydrogen (secondary N) is 2. The number of piperazine rings is 1. The maximum atomic E-state index is 12.0. The molecule has 1 saturated heterocycles. The summed E-state index contributed by atoms with van der Waals surface area (Å²) in [6.07, 6.45) is 1.32. The smallest absolute Gasteiger partial charge is 0.245 e. The Morgan fingerprint density at radius 2 is 1.71 bits per heavy atom. The van der Waals surface area contributed by atoms with Gasteiger partial charge in [0, 0.05) is 11.1 Å². The van der Waals surface area contributed by atoms with Crippen LogP contribution in [0.2, 0.25) is 0 Å². The van der Waals surface area contributed by atoms with E-state index >= 15 is 0 Å². The number of ether oxygens (including phenoxy) is 1. The van der Waals surface area contributed by atoms with Crippen molar-refractivity contribution in [2.75, 3.05) is 13.2 Å². The third-order valence-corrected chi connectivity index (χ3v) is 3.92. The lowest BCUT2D eigenvalue weighted by molar-refractivity contribution is -0.138. The van der Waals surface area contributed by atoms with Gasteiger partial charge in [0.25, 0.3) is 0 Å². The first kappa shape index (κ1) is 16.0. The molecule has 2 amide bonds. The first-order chi connectivity index (χ1) is 10.1. The molecule has 0 bridgehead atoms. The lowest BCUT2D eigenvalue weighted by Crippen LogP contribution is -2.63. The van der Waals surface area contributed by atoms with Crippen molar-refractivity contribution in [1.82, 2.24) is 10.6 Å². The monoisotopic (exact) mass is 354 g/mol. The number of amides is 2. The molecule has 5 nitrogen and oxygen atoms in total. The largest absolute Gasteiger partial charge is 0.379 e. The van der Waals surface area contributed by atoms with Crippen molar-refractivity contribution in [3.05, 3.63) is 34.3 Å². The number of halogens is 1. The number of carbonyl (C=O) groups is 2. The number of hydrogen-bond donors (Lipinski definition) is 2. The molecule has 0 aliphatic carbocycles. The minimum absolute atomic E-state index is 0.142. The Hall–Kier alpha value is -1.40. The van der Waals surface area contributed by atoms with Crippen LogP contribution in [0.15, 0.2) is 28.7 Å². The van der Waals surface area contributed by atoms with Gasteiger partial charge in [-0.05, 0) is 37.5 Å². The number of carbonyl (C=O) groups excluding carboxylic acids is 2. The lowest BCUT2D eigenvalue weighted by Gasteiger charge is -2.29. The van der Waals surface area contributed by atoms with Gasteiger partial charge in [0.1, 0.15) is 12.1 Å². The second-order valence-electron chi connectivity index (χ2n) is 4.95. The van der Waals surface area contributed by atoms with Crippen LogP contribution >= 0.6 is 15.9 Å². The molecule has 114 valence electrons. The summed E-state index contributed by atoms with van der Waals surface area (Å²) in [6.45, 7) is 2.59. The molecule has 0 saturated carbocycles. The van der Waals surface area contributed by atoms with Gasteiger partial charge in [-0.15, -0.1) is 0 Å². The molecule has 1 aromatic carbocycles. The van der Waals surface area contributed by atoms with Crippen molar-refractivity contribution in [3.63, 3.8) is 0 Å². The Balaban J connectivity index is 1.86. The molecule has 2 rings (SSSR count). The van der Waals surface area contributed by atoms with E-state index in [0.717, 1.165) is 16.5 Å². The Morgan fingerprint density at radius 3 is 2.38 bits per heavy atom. The summed E-state index contributed by atoms with van der Waals surface area (Å²) in [5.74, 6) is -0.319. The first-order valence-corrected chi connectivity index (χ1v) is 7.82. The van der Waals surface area contributed by atoms with Gasteiger partial charge in [-0.1, -0.05) is 28.1 Å². The number of hydrogen-bond acceptors (Lipinski definition) is 3. The zero-order valence-corrected chi connectivity index (χ0v) is 13.5. The normalized spacial score (nSPS) is 21.8. The third-order valence-electron chi connectivity index (χ3n) is 3.39. The van der Waals surface area contributed by atoms with Crippen LogP contribution in [0.1, 0.15) is 18.9 Å². The first-order valence-electron chi connectivity index (χ1n) is 7.03. The Bertz CT molecular complexity index is 504. The van der Waals surface area contributed by atoms with Gasteiger partial charge in [0.05, 0.1) is 6.61 Å². The van der Waals surface area contributed by atoms with Crippen molar-refractivity contribution in [2.24, 2.45) is 0 Å². The molecular formula is C15H19BrN2O3. The van der Waals surface area contributed by atoms with E-state index in [0.29, 0.717) is 13.0 Å². The maximum absolute atomic E-state index is 12.0. The van der Waals surface area contributed by atoms with Gasteiger partial charge in [0.2, 0.25) is 11.8 Å². The van der Waals surface area contributed by atoms with E-state index in [1.54, 1.807) is 0 Å². The molecule has 1 aliphatic rings. The Kier molecular flexibility index (Phi) is 5.76. The van der Waals surface area contributed by atoms with Gasteiger partial charge < -0.3 is 15.4 Å². The van der Waals surface area contributed by atoms with Crippen LogP contribution in [0.3, 0.4) is 0 Å². The van der Waals surface area contributed by atoms with E-state index < -0.39 is 12.1 Å². The van der Waals surface area contributed by atoms with Crippen molar-refractivity contribution < 1.29 is 14.3 Å². The highest BCUT2D eigenvalue weighted by Gasteiger charge is 2.33. The molecule has 21 heavy (non-hydrogen) atoms. The topological polar surface area (TPSA) is 67.4 Å². The van der Waals surface area contributed by atoms with E-state index in [1.807, 2.05) is 31.2 Å². The summed E-state index contributed by atoms with van der Waals surface area (Å²) in [4.78, 5) is 23.9. The average Bonchev–Trinajstić information content (AvgIpc) is 2.48. The highest BCUT2D eigenvalue weighted by atomic mass is 79.9. The molecule has 2 N–H and O–H groups in total. The van der Waals surface area contributed by atoms with Crippen LogP contribution in [0, 0.1) is 0 Å². The zero-order valence-electron chi connectivity index (χ0n) is 11.9. The van der Waals surface area contributed by atoms with E-state index in [1.165, 1.54) is 0 Å². The summed E-state index contributed by atoms with van der Waals surface area (Å²) >= 11 is 3.38. The predicted molar refractivity (Wildman–Crippen MR) is 82.8 cm³/mol. The fourth-order valence-electron chi connectivity index (χ4n) is 2.19. The van der Waals surface area contributed by atoms with E-state index in [2.05, 4.69) is 26.6 Å². The molecule has 0 radical (unpaired) electrons. The van der Waals surface area contributed by atoms with Gasteiger partial charge in [-0.3, -0.25) is 9.59 Å². The Morgan fingerprint density at radius 1 is 1.10 bits per heavy atom. The lowest BCUT2D eigenvalue weighted by atomic mass is 10.0. The summed E-state index contributed by atoms with van der Waals surface area (Å²) in [6, 6.07) is 6.88. The van der Waals surface area contributed by atoms with Crippen LogP contribution < -0.4 is 10.6 Å². The minimum atomic E-state index is -0.582. The molecule has 0 aromatic heterocycles. The molecule has 1 fully saturated rings. The van der Waals surface area contributed by atoms with Gasteiger partial charge >= 0.3 is 0 Å². The maximum Gasteiger partial charge on any atom is 0.245 e. The predicted octanol–water partition coefficient (Wildman–Crippen LogP) is 1.40. The number of rotatable bonds is 6. The molecular weight excluding hydrogens is 336 g/mol. The van der Waals surface area contributed by atoms with Crippen LogP contribution in [0.25, 0.3) is 0 Å². The molecule has 2 atom stereocenters. The van der Waals surface area contributed by atoms with Crippen molar-refractivity contribution >= 4 is 27.7 Å². The SMILES string of the molecule is CCOCC1NC(=O)C(CCc2ccc(Br)cc2)NC1=O. The standard InChI is InChI=1S/C15H19BrN2O3/c1-2-21-9-13-15(20)17-12(14(19)18-13)8-5-10-3-6-11(16)7-4-10/h3-4,6-7,12-13H,2,5,8-9H2,1H3,(H,17,20)(H,18,19). The summed E-state index contributed by atoms with van der Waals surface area (Å²) in [5, 5.41) is 5.48. The van der Waals surface area contributed by atoms with Crippen LogP contribution in [-0.2, 0) is 20.7 Å². The molecule has 1 aliphatic heterocycles. The minimum Gasteiger partial charge on any atom is -0.379 e. The highest BCUT2D eigenvalue weighted by molar-refractivity contribution is 9.10. The molecule has 6 heteroatoms. The molecule has 2 unspecified atom stereocenters. The number of aryl methyl sites for hydroxylation is 1. The van der Waals surface area contributed by atoms with E-state index in [9.17, 15) is 9.59 Å². The van der Waals surface area contributed by atoms with Crippen molar-refractivity contribution in [3.8, 4) is 0 Å². The average molecular weight is 355 g/mol. The third kappa shape index (κ3) is 4.54. The van der Waals surface area contributed by atoms with Crippen molar-refractivity contribution in [1.29, 1.82) is 0 Å². The van der Waals surface area contributed by atoms with Crippen LogP contribution in [0.4, 0.5) is 0 Å². The number of benzene rings is 1. The Labute approximate surface area is 132 Å². The fraction of sp³-hybridized carbons (Fsp3) is 0.467.